The predicted molar refractivity (Wildman–Crippen MR) is 50.5 cm³/mol. The molecule has 0 fully saturated rings. The van der Waals surface area contributed by atoms with Gasteiger partial charge in [-0.05, 0) is 26.7 Å². The van der Waals surface area contributed by atoms with E-state index in [9.17, 15) is 4.79 Å². The molecule has 0 aliphatic heterocycles. The fourth-order valence-electron chi connectivity index (χ4n) is 1.01. The van der Waals surface area contributed by atoms with E-state index in [1.54, 1.807) is 6.92 Å². The van der Waals surface area contributed by atoms with Crippen LogP contribution in [-0.2, 0) is 9.53 Å². The molecule has 0 aliphatic carbocycles. The van der Waals surface area contributed by atoms with E-state index in [0.717, 1.165) is 6.42 Å². The van der Waals surface area contributed by atoms with E-state index in [0.29, 0.717) is 19.6 Å². The molecule has 0 aromatic rings. The van der Waals surface area contributed by atoms with E-state index in [1.165, 1.54) is 0 Å². The Bertz CT molecular complexity index is 161. The molecular weight excluding hydrogens is 170 g/mol. The Hall–Kier alpha value is -0.610. The van der Waals surface area contributed by atoms with Crippen molar-refractivity contribution in [1.82, 2.24) is 0 Å². The third-order valence-corrected chi connectivity index (χ3v) is 2.19. The molecule has 0 spiro atoms. The summed E-state index contributed by atoms with van der Waals surface area (Å²) in [6, 6.07) is 0. The molecule has 0 bridgehead atoms. The Kier molecular flexibility index (Phi) is 5.66. The first kappa shape index (κ1) is 12.4. The fraction of sp³-hybridized carbons (Fsp3) is 0.889. The number of ether oxygens (including phenoxy) is 1. The Morgan fingerprint density at radius 2 is 2.23 bits per heavy atom. The van der Waals surface area contributed by atoms with E-state index in [2.05, 4.69) is 0 Å². The van der Waals surface area contributed by atoms with Crippen molar-refractivity contribution in [1.29, 1.82) is 0 Å². The molecule has 3 N–H and O–H groups in total. The molecule has 4 heteroatoms. The number of rotatable bonds is 7. The summed E-state index contributed by atoms with van der Waals surface area (Å²) < 4.78 is 5.12. The molecule has 1 unspecified atom stereocenters. The van der Waals surface area contributed by atoms with Crippen LogP contribution in [0.1, 0.15) is 26.7 Å². The summed E-state index contributed by atoms with van der Waals surface area (Å²) in [6.45, 7) is 5.04. The molecule has 0 saturated heterocycles. The highest BCUT2D eigenvalue weighted by Gasteiger charge is 2.30. The van der Waals surface area contributed by atoms with Crippen molar-refractivity contribution < 1.29 is 14.6 Å². The maximum atomic E-state index is 10.8. The van der Waals surface area contributed by atoms with E-state index >= 15 is 0 Å². The van der Waals surface area contributed by atoms with Gasteiger partial charge in [-0.1, -0.05) is 0 Å². The Morgan fingerprint density at radius 3 is 2.62 bits per heavy atom. The van der Waals surface area contributed by atoms with E-state index in [1.807, 2.05) is 6.92 Å². The van der Waals surface area contributed by atoms with Gasteiger partial charge in [0.1, 0.15) is 0 Å². The summed E-state index contributed by atoms with van der Waals surface area (Å²) in [5, 5.41) is 8.87. The van der Waals surface area contributed by atoms with Crippen LogP contribution in [-0.4, -0.2) is 30.8 Å². The number of carboxylic acids is 1. The van der Waals surface area contributed by atoms with Gasteiger partial charge in [0.2, 0.25) is 0 Å². The van der Waals surface area contributed by atoms with Gasteiger partial charge in [0.05, 0.1) is 5.41 Å². The Balaban J connectivity index is 3.78. The van der Waals surface area contributed by atoms with E-state index in [-0.39, 0.29) is 6.54 Å². The van der Waals surface area contributed by atoms with Gasteiger partial charge < -0.3 is 15.6 Å². The first-order valence-electron chi connectivity index (χ1n) is 4.58. The van der Waals surface area contributed by atoms with Crippen molar-refractivity contribution in [2.45, 2.75) is 26.7 Å². The number of carboxylic acid groups (broad SMARTS) is 1. The van der Waals surface area contributed by atoms with Crippen molar-refractivity contribution in [3.8, 4) is 0 Å². The Morgan fingerprint density at radius 1 is 1.62 bits per heavy atom. The van der Waals surface area contributed by atoms with Crippen LogP contribution < -0.4 is 5.73 Å². The molecule has 0 aromatic carbocycles. The lowest BCUT2D eigenvalue weighted by Crippen LogP contribution is -2.35. The molecular formula is C9H19NO3. The first-order valence-corrected chi connectivity index (χ1v) is 4.58. The van der Waals surface area contributed by atoms with Gasteiger partial charge in [-0.2, -0.15) is 0 Å². The summed E-state index contributed by atoms with van der Waals surface area (Å²) in [5.74, 6) is -0.827. The van der Waals surface area contributed by atoms with Crippen LogP contribution in [0.25, 0.3) is 0 Å². The molecule has 0 aliphatic rings. The normalized spacial score (nSPS) is 15.3. The summed E-state index contributed by atoms with van der Waals surface area (Å²) in [6.07, 6.45) is 1.31. The van der Waals surface area contributed by atoms with Gasteiger partial charge in [-0.3, -0.25) is 4.79 Å². The molecule has 0 saturated carbocycles. The highest BCUT2D eigenvalue weighted by atomic mass is 16.5. The molecule has 78 valence electrons. The van der Waals surface area contributed by atoms with Crippen molar-refractivity contribution >= 4 is 5.97 Å². The van der Waals surface area contributed by atoms with Gasteiger partial charge in [0.25, 0.3) is 0 Å². The lowest BCUT2D eigenvalue weighted by molar-refractivity contribution is -0.147. The maximum absolute atomic E-state index is 10.8. The second-order valence-corrected chi connectivity index (χ2v) is 3.37. The number of aliphatic carboxylic acids is 1. The Labute approximate surface area is 79.1 Å². The van der Waals surface area contributed by atoms with Crippen molar-refractivity contribution in [3.63, 3.8) is 0 Å². The minimum Gasteiger partial charge on any atom is -0.481 e. The molecule has 0 amide bonds. The average Bonchev–Trinajstić information content (AvgIpc) is 2.12. The van der Waals surface area contributed by atoms with E-state index < -0.39 is 11.4 Å². The lowest BCUT2D eigenvalue weighted by Gasteiger charge is -2.22. The molecule has 13 heavy (non-hydrogen) atoms. The summed E-state index contributed by atoms with van der Waals surface area (Å²) >= 11 is 0. The highest BCUT2D eigenvalue weighted by molar-refractivity contribution is 5.74. The number of hydrogen-bond donors (Lipinski definition) is 2. The number of nitrogens with two attached hydrogens (primary N) is 1. The number of carbonyl (C=O) groups is 1. The van der Waals surface area contributed by atoms with Crippen LogP contribution in [0.4, 0.5) is 0 Å². The molecule has 0 aromatic heterocycles. The third kappa shape index (κ3) is 4.24. The minimum absolute atomic E-state index is 0.175. The van der Waals surface area contributed by atoms with Gasteiger partial charge in [0, 0.05) is 19.8 Å². The molecule has 0 heterocycles. The van der Waals surface area contributed by atoms with Gasteiger partial charge in [0.15, 0.2) is 0 Å². The summed E-state index contributed by atoms with van der Waals surface area (Å²) in [4.78, 5) is 10.8. The predicted octanol–water partition coefficient (Wildman–Crippen LogP) is 0.853. The fourth-order valence-corrected chi connectivity index (χ4v) is 1.01. The molecule has 0 rings (SSSR count). The van der Waals surface area contributed by atoms with Gasteiger partial charge >= 0.3 is 5.97 Å². The monoisotopic (exact) mass is 189 g/mol. The average molecular weight is 189 g/mol. The van der Waals surface area contributed by atoms with Crippen molar-refractivity contribution in [2.75, 3.05) is 19.8 Å². The smallest absolute Gasteiger partial charge is 0.310 e. The van der Waals surface area contributed by atoms with Crippen LogP contribution in [0.2, 0.25) is 0 Å². The first-order chi connectivity index (χ1) is 6.06. The van der Waals surface area contributed by atoms with E-state index in [4.69, 9.17) is 15.6 Å². The van der Waals surface area contributed by atoms with Gasteiger partial charge in [-0.15, -0.1) is 0 Å². The molecule has 1 atom stereocenters. The number of hydrogen-bond acceptors (Lipinski definition) is 3. The van der Waals surface area contributed by atoms with Crippen LogP contribution in [0.5, 0.6) is 0 Å². The van der Waals surface area contributed by atoms with Crippen LogP contribution in [0.15, 0.2) is 0 Å². The quantitative estimate of drug-likeness (QED) is 0.582. The zero-order chi connectivity index (χ0) is 10.3. The van der Waals surface area contributed by atoms with Crippen molar-refractivity contribution in [2.24, 2.45) is 11.1 Å². The standard InChI is InChI=1S/C9H19NO3/c1-3-13-6-4-5-9(2,7-10)8(11)12/h3-7,10H2,1-2H3,(H,11,12). The summed E-state index contributed by atoms with van der Waals surface area (Å²) in [5.41, 5.74) is 4.61. The molecule has 4 nitrogen and oxygen atoms in total. The minimum atomic E-state index is -0.827. The zero-order valence-corrected chi connectivity index (χ0v) is 8.38. The maximum Gasteiger partial charge on any atom is 0.310 e. The van der Waals surface area contributed by atoms with Crippen LogP contribution >= 0.6 is 0 Å². The van der Waals surface area contributed by atoms with Crippen molar-refractivity contribution in [3.05, 3.63) is 0 Å². The third-order valence-electron chi connectivity index (χ3n) is 2.19. The van der Waals surface area contributed by atoms with Crippen LogP contribution in [0, 0.1) is 5.41 Å². The van der Waals surface area contributed by atoms with Gasteiger partial charge in [-0.25, -0.2) is 0 Å². The largest absolute Gasteiger partial charge is 0.481 e. The SMILES string of the molecule is CCOCCCC(C)(CN)C(=O)O. The highest BCUT2D eigenvalue weighted by Crippen LogP contribution is 2.21. The molecule has 0 radical (unpaired) electrons. The summed E-state index contributed by atoms with van der Waals surface area (Å²) in [7, 11) is 0. The second kappa shape index (κ2) is 5.94. The topological polar surface area (TPSA) is 72.5 Å². The zero-order valence-electron chi connectivity index (χ0n) is 8.38. The second-order valence-electron chi connectivity index (χ2n) is 3.37. The van der Waals surface area contributed by atoms with Crippen LogP contribution in [0.3, 0.4) is 0 Å². The lowest BCUT2D eigenvalue weighted by atomic mass is 9.86.